The minimum absolute atomic E-state index is 0.911. The maximum atomic E-state index is 6.36. The smallest absolute Gasteiger partial charge is 0.135 e. The molecule has 0 fully saturated rings. The summed E-state index contributed by atoms with van der Waals surface area (Å²) in [5.74, 6) is 1.82. The Labute approximate surface area is 266 Å². The molecule has 2 nitrogen and oxygen atoms in total. The van der Waals surface area contributed by atoms with E-state index in [2.05, 4.69) is 156 Å². The van der Waals surface area contributed by atoms with Crippen LogP contribution in [0, 0.1) is 0 Å². The first-order valence-corrected chi connectivity index (χ1v) is 15.8. The molecule has 0 saturated carbocycles. The van der Waals surface area contributed by atoms with Crippen molar-refractivity contribution >= 4 is 43.4 Å². The number of ether oxygens (including phenoxy) is 1. The van der Waals surface area contributed by atoms with Gasteiger partial charge in [-0.1, -0.05) is 121 Å². The third-order valence-corrected chi connectivity index (χ3v) is 9.57. The largest absolute Gasteiger partial charge is 0.456 e. The lowest BCUT2D eigenvalue weighted by Gasteiger charge is -2.22. The lowest BCUT2D eigenvalue weighted by Crippen LogP contribution is -1.97. The maximum absolute atomic E-state index is 6.36. The fourth-order valence-electron chi connectivity index (χ4n) is 7.54. The monoisotopic (exact) mass is 585 g/mol. The highest BCUT2D eigenvalue weighted by atomic mass is 16.5. The van der Waals surface area contributed by atoms with Crippen LogP contribution in [0.15, 0.2) is 164 Å². The van der Waals surface area contributed by atoms with Gasteiger partial charge in [-0.05, 0) is 86.4 Å². The molecular weight excluding hydrogens is 558 g/mol. The summed E-state index contributed by atoms with van der Waals surface area (Å²) in [6, 6.07) is 59.0. The normalized spacial score (nSPS) is 12.1. The first kappa shape index (κ1) is 25.2. The Morgan fingerprint density at radius 1 is 0.370 bits per heavy atom. The second kappa shape index (κ2) is 9.69. The van der Waals surface area contributed by atoms with Gasteiger partial charge in [0.05, 0.1) is 11.0 Å². The minimum atomic E-state index is 0.911. The molecule has 10 rings (SSSR count). The van der Waals surface area contributed by atoms with E-state index >= 15 is 0 Å². The Balaban J connectivity index is 1.13. The molecule has 1 aromatic heterocycles. The maximum Gasteiger partial charge on any atom is 0.135 e. The average molecular weight is 586 g/mol. The van der Waals surface area contributed by atoms with Crippen molar-refractivity contribution in [3.8, 4) is 50.6 Å². The zero-order chi connectivity index (χ0) is 30.2. The quantitative estimate of drug-likeness (QED) is 0.201. The molecule has 0 aliphatic carbocycles. The van der Waals surface area contributed by atoms with E-state index in [1.165, 1.54) is 71.2 Å². The lowest BCUT2D eigenvalue weighted by atomic mass is 9.90. The van der Waals surface area contributed by atoms with E-state index in [9.17, 15) is 0 Å². The highest BCUT2D eigenvalue weighted by Crippen LogP contribution is 2.48. The van der Waals surface area contributed by atoms with Crippen molar-refractivity contribution in [3.05, 3.63) is 164 Å². The van der Waals surface area contributed by atoms with Crippen LogP contribution in [0.3, 0.4) is 0 Å². The van der Waals surface area contributed by atoms with Crippen molar-refractivity contribution in [2.45, 2.75) is 0 Å². The summed E-state index contributed by atoms with van der Waals surface area (Å²) in [7, 11) is 0. The molecule has 214 valence electrons. The number of fused-ring (bicyclic) bond motifs is 7. The van der Waals surface area contributed by atoms with Gasteiger partial charge in [0.2, 0.25) is 0 Å². The van der Waals surface area contributed by atoms with Crippen molar-refractivity contribution in [2.75, 3.05) is 0 Å². The standard InChI is InChI=1S/C44H27NO/c1-2-15-34-28(10-1)22-24-40-43(34)38-17-3-5-20-39(38)45(40)32-14-8-12-30(27-32)29-11-7-13-31(26-29)33-23-25-42-44-36(33)18-9-19-37(44)35-16-4-6-21-41(35)46-42/h1-27H. The molecule has 2 heteroatoms. The molecule has 0 spiro atoms. The Morgan fingerprint density at radius 3 is 2.04 bits per heavy atom. The Hall–Kier alpha value is -6.12. The van der Waals surface area contributed by atoms with Crippen LogP contribution in [0.4, 0.5) is 0 Å². The summed E-state index contributed by atoms with van der Waals surface area (Å²) in [4.78, 5) is 0. The van der Waals surface area contributed by atoms with Gasteiger partial charge in [-0.3, -0.25) is 0 Å². The molecule has 0 bridgehead atoms. The summed E-state index contributed by atoms with van der Waals surface area (Å²) >= 11 is 0. The molecule has 0 radical (unpaired) electrons. The minimum Gasteiger partial charge on any atom is -0.456 e. The second-order valence-electron chi connectivity index (χ2n) is 12.1. The van der Waals surface area contributed by atoms with E-state index in [0.29, 0.717) is 0 Å². The van der Waals surface area contributed by atoms with Gasteiger partial charge in [0.15, 0.2) is 0 Å². The van der Waals surface area contributed by atoms with Crippen LogP contribution >= 0.6 is 0 Å². The number of aromatic nitrogens is 1. The fraction of sp³-hybridized carbons (Fsp3) is 0. The average Bonchev–Trinajstić information content (AvgIpc) is 3.47. The van der Waals surface area contributed by atoms with E-state index in [1.54, 1.807) is 0 Å². The number of rotatable bonds is 3. The number of para-hydroxylation sites is 2. The second-order valence-corrected chi connectivity index (χ2v) is 12.1. The van der Waals surface area contributed by atoms with E-state index in [0.717, 1.165) is 22.7 Å². The molecule has 1 aliphatic heterocycles. The van der Waals surface area contributed by atoms with Crippen LogP contribution in [0.2, 0.25) is 0 Å². The molecule has 0 atom stereocenters. The Bertz CT molecular complexity index is 2680. The van der Waals surface area contributed by atoms with Gasteiger partial charge in [0.25, 0.3) is 0 Å². The third kappa shape index (κ3) is 3.65. The van der Waals surface area contributed by atoms with E-state index in [4.69, 9.17) is 4.74 Å². The molecular formula is C44H27NO. The van der Waals surface area contributed by atoms with Gasteiger partial charge in [-0.2, -0.15) is 0 Å². The van der Waals surface area contributed by atoms with Crippen LogP contribution in [0.25, 0.3) is 82.4 Å². The van der Waals surface area contributed by atoms with Crippen LogP contribution in [-0.4, -0.2) is 4.57 Å². The predicted octanol–water partition coefficient (Wildman–Crippen LogP) is 12.2. The summed E-state index contributed by atoms with van der Waals surface area (Å²) in [5, 5.41) is 7.50. The number of nitrogens with zero attached hydrogens (tertiary/aromatic N) is 1. The van der Waals surface area contributed by atoms with E-state index < -0.39 is 0 Å². The SMILES string of the molecule is c1cc(-c2cccc(-n3c4ccccc4c4c5ccccc5ccc43)c2)cc(-c2ccc3c4c(cccc24)-c2ccccc2O3)c1. The van der Waals surface area contributed by atoms with Crippen molar-refractivity contribution in [1.82, 2.24) is 4.57 Å². The molecule has 0 unspecified atom stereocenters. The van der Waals surface area contributed by atoms with Gasteiger partial charge in [0, 0.05) is 27.4 Å². The third-order valence-electron chi connectivity index (χ3n) is 9.57. The van der Waals surface area contributed by atoms with E-state index in [1.807, 2.05) is 12.1 Å². The summed E-state index contributed by atoms with van der Waals surface area (Å²) in [5.41, 5.74) is 10.7. The number of benzene rings is 8. The Morgan fingerprint density at radius 2 is 1.09 bits per heavy atom. The topological polar surface area (TPSA) is 14.2 Å². The zero-order valence-corrected chi connectivity index (χ0v) is 24.9. The van der Waals surface area contributed by atoms with Crippen molar-refractivity contribution in [1.29, 1.82) is 0 Å². The van der Waals surface area contributed by atoms with Crippen molar-refractivity contribution < 1.29 is 4.74 Å². The predicted molar refractivity (Wildman–Crippen MR) is 192 cm³/mol. The fourth-order valence-corrected chi connectivity index (χ4v) is 7.54. The Kier molecular flexibility index (Phi) is 5.31. The molecule has 0 amide bonds. The van der Waals surface area contributed by atoms with Crippen LogP contribution in [0.1, 0.15) is 0 Å². The van der Waals surface area contributed by atoms with Gasteiger partial charge in [-0.15, -0.1) is 0 Å². The first-order chi connectivity index (χ1) is 22.8. The summed E-state index contributed by atoms with van der Waals surface area (Å²) in [6.45, 7) is 0. The molecule has 8 aromatic carbocycles. The first-order valence-electron chi connectivity index (χ1n) is 15.8. The number of hydrogen-bond donors (Lipinski definition) is 0. The van der Waals surface area contributed by atoms with Crippen LogP contribution in [-0.2, 0) is 0 Å². The van der Waals surface area contributed by atoms with Crippen LogP contribution < -0.4 is 4.74 Å². The van der Waals surface area contributed by atoms with Gasteiger partial charge in [-0.25, -0.2) is 0 Å². The highest BCUT2D eigenvalue weighted by Gasteiger charge is 2.21. The molecule has 9 aromatic rings. The number of hydrogen-bond acceptors (Lipinski definition) is 1. The summed E-state index contributed by atoms with van der Waals surface area (Å²) < 4.78 is 8.78. The molecule has 0 N–H and O–H groups in total. The lowest BCUT2D eigenvalue weighted by molar-refractivity contribution is 0.487. The van der Waals surface area contributed by atoms with Crippen LogP contribution in [0.5, 0.6) is 11.5 Å². The highest BCUT2D eigenvalue weighted by molar-refractivity contribution is 6.21. The molecule has 46 heavy (non-hydrogen) atoms. The molecule has 2 heterocycles. The van der Waals surface area contributed by atoms with Gasteiger partial charge in [0.1, 0.15) is 11.5 Å². The molecule has 1 aliphatic rings. The van der Waals surface area contributed by atoms with E-state index in [-0.39, 0.29) is 0 Å². The van der Waals surface area contributed by atoms with Gasteiger partial charge < -0.3 is 9.30 Å². The molecule has 0 saturated heterocycles. The van der Waals surface area contributed by atoms with Crippen molar-refractivity contribution in [2.24, 2.45) is 0 Å². The van der Waals surface area contributed by atoms with Gasteiger partial charge >= 0.3 is 0 Å². The van der Waals surface area contributed by atoms with Crippen molar-refractivity contribution in [3.63, 3.8) is 0 Å². The summed E-state index contributed by atoms with van der Waals surface area (Å²) in [6.07, 6.45) is 0. The zero-order valence-electron chi connectivity index (χ0n) is 24.9.